The number of ether oxygens (including phenoxy) is 1. The van der Waals surface area contributed by atoms with Crippen LogP contribution in [-0.4, -0.2) is 58.3 Å². The SMILES string of the molecule is C=c1ccc2c(c1)Oc1cc(NC)ccc1C=2c1c(Cl)cc(C(=O)NCCNC(=O)c2ccc(-c3c4ccc(=O)cc-4oc4cc(O)ccc34)c(C(O)O)c2)c(Cl)c1C(=O)O. The molecule has 0 unspecified atom stereocenters. The van der Waals surface area contributed by atoms with E-state index in [1.54, 1.807) is 55.6 Å². The number of nitrogens with one attached hydrogen (secondary N) is 3. The van der Waals surface area contributed by atoms with Gasteiger partial charge in [0.05, 0.1) is 21.2 Å². The molecule has 0 saturated carbocycles. The molecule has 0 atom stereocenters. The van der Waals surface area contributed by atoms with Gasteiger partial charge >= 0.3 is 5.97 Å². The number of benzene rings is 6. The van der Waals surface area contributed by atoms with Crippen LogP contribution in [0.25, 0.3) is 45.6 Å². The third kappa shape index (κ3) is 7.51. The number of carbonyl (C=O) groups is 3. The summed E-state index contributed by atoms with van der Waals surface area (Å²) in [6, 6.07) is 24.7. The Morgan fingerprint density at radius 1 is 0.787 bits per heavy atom. The lowest BCUT2D eigenvalue weighted by Gasteiger charge is -2.24. The number of halogens is 2. The van der Waals surface area contributed by atoms with Gasteiger partial charge in [-0.05, 0) is 71.4 Å². The highest BCUT2D eigenvalue weighted by Gasteiger charge is 2.31. The van der Waals surface area contributed by atoms with Gasteiger partial charge in [-0.3, -0.25) is 14.4 Å². The number of carboxylic acids is 1. The predicted molar refractivity (Wildman–Crippen MR) is 230 cm³/mol. The summed E-state index contributed by atoms with van der Waals surface area (Å²) in [6.07, 6.45) is -2.03. The van der Waals surface area contributed by atoms with Crippen LogP contribution in [0.4, 0.5) is 5.69 Å². The molecule has 7 N–H and O–H groups in total. The Labute approximate surface area is 355 Å². The number of anilines is 1. The number of hydrogen-bond acceptors (Lipinski definition) is 10. The molecule has 61 heavy (non-hydrogen) atoms. The number of aliphatic hydroxyl groups excluding tert-OH is 1. The van der Waals surface area contributed by atoms with Crippen LogP contribution in [0.15, 0.2) is 106 Å². The van der Waals surface area contributed by atoms with Crippen LogP contribution < -0.4 is 36.6 Å². The monoisotopic (exact) mass is 857 g/mol. The van der Waals surface area contributed by atoms with E-state index >= 15 is 0 Å². The molecule has 2 heterocycles. The average Bonchev–Trinajstić information content (AvgIpc) is 3.23. The molecule has 306 valence electrons. The molecule has 5 aromatic carbocycles. The molecule has 0 aromatic heterocycles. The Kier molecular flexibility index (Phi) is 10.7. The molecule has 0 radical (unpaired) electrons. The van der Waals surface area contributed by atoms with E-state index in [2.05, 4.69) is 22.5 Å². The van der Waals surface area contributed by atoms with E-state index in [4.69, 9.17) is 32.4 Å². The van der Waals surface area contributed by atoms with Crippen molar-refractivity contribution in [2.24, 2.45) is 0 Å². The second-order valence-corrected chi connectivity index (χ2v) is 14.8. The Balaban J connectivity index is 1.04. The number of phenols is 1. The Hall–Kier alpha value is -7.16. The van der Waals surface area contributed by atoms with Crippen LogP contribution >= 0.6 is 23.2 Å². The molecule has 5 aromatic rings. The number of hydrogen-bond donors (Lipinski definition) is 7. The maximum absolute atomic E-state index is 13.5. The molecule has 2 aliphatic heterocycles. The van der Waals surface area contributed by atoms with E-state index < -0.39 is 29.6 Å². The molecule has 0 fully saturated rings. The van der Waals surface area contributed by atoms with Gasteiger partial charge in [0.15, 0.2) is 11.7 Å². The van der Waals surface area contributed by atoms with Gasteiger partial charge < -0.3 is 45.5 Å². The fraction of sp³-hybridized carbons (Fsp3) is 0.0870. The van der Waals surface area contributed by atoms with Gasteiger partial charge in [-0.2, -0.15) is 0 Å². The molecule has 15 heteroatoms. The first kappa shape index (κ1) is 40.6. The zero-order chi connectivity index (χ0) is 43.3. The van der Waals surface area contributed by atoms with Gasteiger partial charge in [0.1, 0.15) is 28.6 Å². The first-order valence-corrected chi connectivity index (χ1v) is 19.3. The normalized spacial score (nSPS) is 11.9. The van der Waals surface area contributed by atoms with Crippen molar-refractivity contribution in [3.8, 4) is 39.7 Å². The highest BCUT2D eigenvalue weighted by molar-refractivity contribution is 6.40. The Morgan fingerprint density at radius 3 is 2.26 bits per heavy atom. The summed E-state index contributed by atoms with van der Waals surface area (Å²) in [5.41, 5.74) is 2.43. The fourth-order valence-corrected chi connectivity index (χ4v) is 8.05. The highest BCUT2D eigenvalue weighted by Crippen LogP contribution is 2.45. The van der Waals surface area contributed by atoms with Crippen LogP contribution in [0, 0.1) is 0 Å². The number of rotatable bonds is 10. The Bertz CT molecular complexity index is 3150. The first-order valence-electron chi connectivity index (χ1n) is 18.6. The molecular weight excluding hydrogens is 825 g/mol. The van der Waals surface area contributed by atoms with Gasteiger partial charge in [-0.15, -0.1) is 0 Å². The fourth-order valence-electron chi connectivity index (χ4n) is 7.44. The topological polar surface area (TPSA) is 208 Å². The number of aromatic hydroxyl groups is 1. The minimum Gasteiger partial charge on any atom is -0.508 e. The lowest BCUT2D eigenvalue weighted by molar-refractivity contribution is -0.0420. The number of phenolic OH excluding ortho intramolecular Hbond substituents is 1. The van der Waals surface area contributed by atoms with Crippen molar-refractivity contribution in [2.75, 3.05) is 25.5 Å². The van der Waals surface area contributed by atoms with E-state index in [-0.39, 0.29) is 67.9 Å². The third-order valence-electron chi connectivity index (χ3n) is 10.2. The number of aliphatic hydroxyl groups is 2. The van der Waals surface area contributed by atoms with Gasteiger partial charge in [0.2, 0.25) is 0 Å². The zero-order valence-corrected chi connectivity index (χ0v) is 33.4. The second kappa shape index (κ2) is 16.1. The molecular formula is C46H33Cl2N3O10. The lowest BCUT2D eigenvalue weighted by Crippen LogP contribution is -2.35. The van der Waals surface area contributed by atoms with E-state index in [0.29, 0.717) is 55.1 Å². The standard InChI is InChI=1S/C46H33Cl2N3O10/c1-21-3-8-29-34(15-21)60-35-17-23(49-2)5-10-30(35)39(29)40-33(47)20-32(42(48)41(40)46(58)59)44(55)51-14-13-50-43(54)22-4-9-26(31(16-22)45(56)57)38-27-11-6-24(52)18-36(27)61-37-19-25(53)7-12-28(37)38/h3-12,15-20,45,49,52,56-57H,1,13-14H2,2H3,(H,50,54)(H,51,55)(H,58,59). The maximum atomic E-state index is 13.5. The molecule has 0 spiro atoms. The van der Waals surface area contributed by atoms with E-state index in [1.165, 1.54) is 48.5 Å². The average molecular weight is 859 g/mol. The quantitative estimate of drug-likeness (QED) is 0.0467. The van der Waals surface area contributed by atoms with Crippen LogP contribution in [-0.2, 0) is 0 Å². The van der Waals surface area contributed by atoms with Crippen molar-refractivity contribution in [2.45, 2.75) is 6.29 Å². The molecule has 1 aliphatic carbocycles. The number of aromatic carboxylic acids is 1. The summed E-state index contributed by atoms with van der Waals surface area (Å²) in [6.45, 7) is 3.77. The summed E-state index contributed by atoms with van der Waals surface area (Å²) in [7, 11) is 1.75. The molecule has 2 amide bonds. The lowest BCUT2D eigenvalue weighted by atomic mass is 9.88. The van der Waals surface area contributed by atoms with Gasteiger partial charge in [-0.25, -0.2) is 4.79 Å². The van der Waals surface area contributed by atoms with Crippen molar-refractivity contribution >= 4 is 69.8 Å². The number of amides is 2. The van der Waals surface area contributed by atoms with Crippen molar-refractivity contribution < 1.29 is 44.0 Å². The van der Waals surface area contributed by atoms with Crippen molar-refractivity contribution in [3.63, 3.8) is 0 Å². The first-order chi connectivity index (χ1) is 29.2. The smallest absolute Gasteiger partial charge is 0.337 e. The van der Waals surface area contributed by atoms with Crippen LogP contribution in [0.5, 0.6) is 17.2 Å². The van der Waals surface area contributed by atoms with Crippen LogP contribution in [0.2, 0.25) is 10.0 Å². The minimum atomic E-state index is -2.03. The molecule has 3 aliphatic rings. The minimum absolute atomic E-state index is 0.0287. The zero-order valence-electron chi connectivity index (χ0n) is 31.9. The number of fused-ring (bicyclic) bond motifs is 4. The molecule has 13 nitrogen and oxygen atoms in total. The summed E-state index contributed by atoms with van der Waals surface area (Å²) in [5.74, 6) is -1.82. The van der Waals surface area contributed by atoms with Crippen molar-refractivity contribution in [3.05, 3.63) is 161 Å². The van der Waals surface area contributed by atoms with Crippen molar-refractivity contribution in [1.29, 1.82) is 0 Å². The summed E-state index contributed by atoms with van der Waals surface area (Å²) < 4.78 is 12.1. The van der Waals surface area contributed by atoms with Gasteiger partial charge in [0.25, 0.3) is 11.8 Å². The highest BCUT2D eigenvalue weighted by atomic mass is 35.5. The van der Waals surface area contributed by atoms with E-state index in [1.807, 2.05) is 0 Å². The van der Waals surface area contributed by atoms with Gasteiger partial charge in [-0.1, -0.05) is 48.0 Å². The Morgan fingerprint density at radius 2 is 1.52 bits per heavy atom. The third-order valence-corrected chi connectivity index (χ3v) is 10.9. The molecule has 0 saturated heterocycles. The molecule has 0 bridgehead atoms. The summed E-state index contributed by atoms with van der Waals surface area (Å²) >= 11 is 13.6. The van der Waals surface area contributed by atoms with Crippen molar-refractivity contribution in [1.82, 2.24) is 10.6 Å². The van der Waals surface area contributed by atoms with E-state index in [0.717, 1.165) is 5.69 Å². The van der Waals surface area contributed by atoms with Gasteiger partial charge in [0, 0.05) is 93.6 Å². The van der Waals surface area contributed by atoms with Crippen LogP contribution in [0.1, 0.15) is 54.1 Å². The summed E-state index contributed by atoms with van der Waals surface area (Å²) in [5, 5.41) is 51.2. The second-order valence-electron chi connectivity index (χ2n) is 14.0. The maximum Gasteiger partial charge on any atom is 0.337 e. The summed E-state index contributed by atoms with van der Waals surface area (Å²) in [4.78, 5) is 52.0. The molecule has 8 rings (SSSR count). The van der Waals surface area contributed by atoms with E-state index in [9.17, 15) is 39.6 Å². The number of carboxylic acid groups (broad SMARTS) is 1. The van der Waals surface area contributed by atoms with Crippen LogP contribution in [0.3, 0.4) is 0 Å². The largest absolute Gasteiger partial charge is 0.508 e. The predicted octanol–water partition coefficient (Wildman–Crippen LogP) is 6.22. The number of carbonyl (C=O) groups excluding carboxylic acids is 2.